The zero-order chi connectivity index (χ0) is 70.9. The van der Waals surface area contributed by atoms with Gasteiger partial charge in [-0.1, -0.05) is 344 Å². The van der Waals surface area contributed by atoms with E-state index in [2.05, 4.69) is 48.5 Å². The lowest BCUT2D eigenvalue weighted by molar-refractivity contribution is -0.161. The van der Waals surface area contributed by atoms with Crippen LogP contribution >= 0.6 is 15.6 Å². The molecule has 0 amide bonds. The first-order valence-corrected chi connectivity index (χ1v) is 42.9. The first kappa shape index (κ1) is 94.1. The van der Waals surface area contributed by atoms with Gasteiger partial charge < -0.3 is 33.8 Å². The van der Waals surface area contributed by atoms with Gasteiger partial charge in [-0.2, -0.15) is 0 Å². The van der Waals surface area contributed by atoms with Crippen LogP contribution in [0.1, 0.15) is 395 Å². The van der Waals surface area contributed by atoms with Crippen molar-refractivity contribution >= 4 is 39.5 Å². The van der Waals surface area contributed by atoms with Crippen molar-refractivity contribution in [3.8, 4) is 0 Å². The summed E-state index contributed by atoms with van der Waals surface area (Å²) in [6, 6.07) is 0. The van der Waals surface area contributed by atoms with Gasteiger partial charge >= 0.3 is 39.5 Å². The Morgan fingerprint density at radius 1 is 0.302 bits per heavy atom. The predicted octanol–water partition coefficient (Wildman–Crippen LogP) is 22.6. The second-order valence-electron chi connectivity index (χ2n) is 28.9. The van der Waals surface area contributed by atoms with Crippen molar-refractivity contribution < 1.29 is 80.2 Å². The molecule has 3 unspecified atom stereocenters. The van der Waals surface area contributed by atoms with E-state index >= 15 is 0 Å². The molecule has 0 aliphatic carbocycles. The highest BCUT2D eigenvalue weighted by atomic mass is 31.2. The number of phosphoric acid groups is 2. The summed E-state index contributed by atoms with van der Waals surface area (Å²) >= 11 is 0. The van der Waals surface area contributed by atoms with Gasteiger partial charge in [-0.05, 0) is 43.4 Å². The van der Waals surface area contributed by atoms with Gasteiger partial charge in [0.1, 0.15) is 19.3 Å². The summed E-state index contributed by atoms with van der Waals surface area (Å²) in [5.41, 5.74) is 0. The minimum absolute atomic E-state index is 0.107. The molecule has 96 heavy (non-hydrogen) atoms. The predicted molar refractivity (Wildman–Crippen MR) is 391 cm³/mol. The van der Waals surface area contributed by atoms with E-state index in [1.54, 1.807) is 0 Å². The summed E-state index contributed by atoms with van der Waals surface area (Å²) in [5, 5.41) is 10.6. The maximum atomic E-state index is 13.1. The quantitative estimate of drug-likeness (QED) is 0.0222. The van der Waals surface area contributed by atoms with E-state index in [4.69, 9.17) is 37.0 Å². The van der Waals surface area contributed by atoms with Crippen molar-refractivity contribution in [3.05, 3.63) is 0 Å². The topological polar surface area (TPSA) is 237 Å². The van der Waals surface area contributed by atoms with Crippen LogP contribution in [-0.4, -0.2) is 96.7 Å². The molecule has 0 aliphatic rings. The molecule has 0 aromatic heterocycles. The summed E-state index contributed by atoms with van der Waals surface area (Å²) in [6.45, 7) is 11.9. The maximum Gasteiger partial charge on any atom is 0.472 e. The van der Waals surface area contributed by atoms with E-state index in [0.717, 1.165) is 108 Å². The van der Waals surface area contributed by atoms with Crippen molar-refractivity contribution in [2.24, 2.45) is 17.8 Å². The zero-order valence-corrected chi connectivity index (χ0v) is 64.6. The molecule has 19 heteroatoms. The minimum atomic E-state index is -4.96. The van der Waals surface area contributed by atoms with E-state index in [0.29, 0.717) is 25.7 Å². The van der Waals surface area contributed by atoms with Crippen LogP contribution in [0.15, 0.2) is 0 Å². The smallest absolute Gasteiger partial charge is 0.462 e. The fourth-order valence-corrected chi connectivity index (χ4v) is 13.3. The van der Waals surface area contributed by atoms with Gasteiger partial charge in [0.05, 0.1) is 26.4 Å². The monoisotopic (exact) mass is 1410 g/mol. The molecule has 17 nitrogen and oxygen atoms in total. The number of aliphatic hydroxyl groups excluding tert-OH is 1. The third kappa shape index (κ3) is 69.2. The molecule has 0 fully saturated rings. The molecule has 0 spiro atoms. The lowest BCUT2D eigenvalue weighted by Crippen LogP contribution is -2.30. The number of hydrogen-bond acceptors (Lipinski definition) is 15. The number of ether oxygens (including phenoxy) is 4. The number of carbonyl (C=O) groups excluding carboxylic acids is 4. The molecule has 0 saturated carbocycles. The Bertz CT molecular complexity index is 1870. The minimum Gasteiger partial charge on any atom is -0.462 e. The highest BCUT2D eigenvalue weighted by molar-refractivity contribution is 7.47. The van der Waals surface area contributed by atoms with Crippen LogP contribution in [0, 0.1) is 17.8 Å². The largest absolute Gasteiger partial charge is 0.472 e. The van der Waals surface area contributed by atoms with Crippen LogP contribution in [0.25, 0.3) is 0 Å². The first-order chi connectivity index (χ1) is 46.3. The fraction of sp³-hybridized carbons (Fsp3) is 0.948. The van der Waals surface area contributed by atoms with E-state index in [9.17, 15) is 43.2 Å². The third-order valence-electron chi connectivity index (χ3n) is 18.2. The maximum absolute atomic E-state index is 13.1. The van der Waals surface area contributed by atoms with Crippen molar-refractivity contribution in [1.29, 1.82) is 0 Å². The number of esters is 4. The Morgan fingerprint density at radius 3 is 0.792 bits per heavy atom. The Balaban J connectivity index is 5.28. The van der Waals surface area contributed by atoms with E-state index < -0.39 is 97.5 Å². The third-order valence-corrected chi connectivity index (χ3v) is 20.1. The molecule has 0 bridgehead atoms. The lowest BCUT2D eigenvalue weighted by Gasteiger charge is -2.21. The molecule has 3 N–H and O–H groups in total. The lowest BCUT2D eigenvalue weighted by atomic mass is 9.99. The number of aliphatic hydroxyl groups is 1. The number of carbonyl (C=O) groups is 4. The number of phosphoric ester groups is 2. The van der Waals surface area contributed by atoms with E-state index in [1.807, 2.05) is 0 Å². The summed E-state index contributed by atoms with van der Waals surface area (Å²) < 4.78 is 68.6. The van der Waals surface area contributed by atoms with Crippen LogP contribution in [0.2, 0.25) is 0 Å². The Labute approximate surface area is 588 Å². The second-order valence-corrected chi connectivity index (χ2v) is 31.8. The van der Waals surface area contributed by atoms with Crippen molar-refractivity contribution in [1.82, 2.24) is 0 Å². The Morgan fingerprint density at radius 2 is 0.531 bits per heavy atom. The Kier molecular flexibility index (Phi) is 66.2. The number of hydrogen-bond donors (Lipinski definition) is 3. The van der Waals surface area contributed by atoms with Crippen molar-refractivity contribution in [2.45, 2.75) is 414 Å². The van der Waals surface area contributed by atoms with Gasteiger partial charge in [-0.3, -0.25) is 37.3 Å². The molecule has 0 radical (unpaired) electrons. The van der Waals surface area contributed by atoms with Gasteiger partial charge in [0.2, 0.25) is 0 Å². The van der Waals surface area contributed by atoms with Gasteiger partial charge in [0, 0.05) is 25.7 Å². The van der Waals surface area contributed by atoms with Gasteiger partial charge in [0.25, 0.3) is 0 Å². The van der Waals surface area contributed by atoms with Gasteiger partial charge in [-0.25, -0.2) is 9.13 Å². The average molecular weight is 1410 g/mol. The number of rotatable bonds is 75. The SMILES string of the molecule is CCCCCCCCCCCCCCCCC(=O)O[C@H](COC(=O)CCCCCCCCCCC(C)CC)COP(=O)(O)OC[C@H](O)COP(=O)(O)OC[C@@H](COC(=O)CCCCCCCCCCCCCCC(C)C)OC(=O)CCCCCCCCCCCCCCC(C)C. The highest BCUT2D eigenvalue weighted by Crippen LogP contribution is 2.45. The molecule has 0 saturated heterocycles. The van der Waals surface area contributed by atoms with Crippen LogP contribution < -0.4 is 0 Å². The summed E-state index contributed by atoms with van der Waals surface area (Å²) in [5.74, 6) is 0.222. The number of unbranched alkanes of at least 4 members (excludes halogenated alkanes) is 42. The second kappa shape index (κ2) is 67.5. The van der Waals surface area contributed by atoms with Gasteiger partial charge in [-0.15, -0.1) is 0 Å². The highest BCUT2D eigenvalue weighted by Gasteiger charge is 2.30. The normalized spacial score (nSPS) is 14.3. The summed E-state index contributed by atoms with van der Waals surface area (Å²) in [7, 11) is -9.92. The summed E-state index contributed by atoms with van der Waals surface area (Å²) in [6.07, 6.45) is 53.9. The molecular formula is C77H150O17P2. The molecule has 0 aliphatic heterocycles. The van der Waals surface area contributed by atoms with Crippen LogP contribution in [0.3, 0.4) is 0 Å². The Hall–Kier alpha value is -1.94. The fourth-order valence-electron chi connectivity index (χ4n) is 11.7. The standard InChI is InChI=1S/C77H150O17P2/c1-8-10-11-12-13-14-15-16-17-25-30-39-46-53-60-76(81)94-73(65-88-75(80)59-52-45-38-33-32-36-43-50-57-70(7)9-2)67-92-96(85,86)90-63-71(78)62-89-95(83,84)91-66-72(93-77(82)61-54-47-40-31-26-21-19-23-28-35-42-49-56-69(5)6)64-87-74(79)58-51-44-37-29-24-20-18-22-27-34-41-48-55-68(3)4/h68-73,78H,8-67H2,1-7H3,(H,83,84)(H,85,86)/t70?,71-,72-,73-/m1/s1. The van der Waals surface area contributed by atoms with E-state index in [1.165, 1.54) is 205 Å². The molecule has 0 rings (SSSR count). The first-order valence-electron chi connectivity index (χ1n) is 39.9. The van der Waals surface area contributed by atoms with Gasteiger partial charge in [0.15, 0.2) is 12.2 Å². The molecule has 6 atom stereocenters. The van der Waals surface area contributed by atoms with Crippen LogP contribution in [0.4, 0.5) is 0 Å². The average Bonchev–Trinajstić information content (AvgIpc) is 1.25. The molecule has 0 heterocycles. The molecular weight excluding hydrogens is 1260 g/mol. The van der Waals surface area contributed by atoms with Crippen LogP contribution in [-0.2, 0) is 65.4 Å². The van der Waals surface area contributed by atoms with Crippen molar-refractivity contribution in [2.75, 3.05) is 39.6 Å². The van der Waals surface area contributed by atoms with Crippen LogP contribution in [0.5, 0.6) is 0 Å². The summed E-state index contributed by atoms with van der Waals surface area (Å²) in [4.78, 5) is 72.9. The molecule has 570 valence electrons. The molecule has 0 aromatic rings. The van der Waals surface area contributed by atoms with E-state index in [-0.39, 0.29) is 25.7 Å². The zero-order valence-electron chi connectivity index (χ0n) is 62.8. The molecule has 0 aromatic carbocycles. The van der Waals surface area contributed by atoms with Crippen molar-refractivity contribution in [3.63, 3.8) is 0 Å².